The fourth-order valence-corrected chi connectivity index (χ4v) is 2.61. The lowest BCUT2D eigenvalue weighted by Gasteiger charge is -2.14. The standard InChI is InChI=1S/C19H20N4O4/c1-25-16-8-14(9-17(26-2)18(16)27-3)19(24)22-15-6-4-13(5-7-15)10-23-12-20-11-21-23/h4-9,11-12H,10H2,1-3H3,(H,22,24). The highest BCUT2D eigenvalue weighted by atomic mass is 16.5. The molecule has 1 aromatic heterocycles. The minimum atomic E-state index is -0.279. The Hall–Kier alpha value is -3.55. The topological polar surface area (TPSA) is 87.5 Å². The van der Waals surface area contributed by atoms with Gasteiger partial charge in [-0.3, -0.25) is 4.79 Å². The molecule has 0 saturated heterocycles. The van der Waals surface area contributed by atoms with Crippen LogP contribution in [0.2, 0.25) is 0 Å². The molecule has 0 unspecified atom stereocenters. The highest BCUT2D eigenvalue weighted by molar-refractivity contribution is 6.05. The lowest BCUT2D eigenvalue weighted by Crippen LogP contribution is -2.12. The van der Waals surface area contributed by atoms with Crippen molar-refractivity contribution in [2.24, 2.45) is 0 Å². The number of benzene rings is 2. The van der Waals surface area contributed by atoms with E-state index in [2.05, 4.69) is 15.4 Å². The summed E-state index contributed by atoms with van der Waals surface area (Å²) in [6.45, 7) is 0.612. The monoisotopic (exact) mass is 368 g/mol. The predicted molar refractivity (Wildman–Crippen MR) is 99.6 cm³/mol. The van der Waals surface area contributed by atoms with E-state index in [1.165, 1.54) is 27.7 Å². The largest absolute Gasteiger partial charge is 0.493 e. The average Bonchev–Trinajstić information content (AvgIpc) is 3.21. The van der Waals surface area contributed by atoms with Crippen LogP contribution in [0, 0.1) is 0 Å². The number of hydrogen-bond acceptors (Lipinski definition) is 6. The van der Waals surface area contributed by atoms with Gasteiger partial charge >= 0.3 is 0 Å². The number of carbonyl (C=O) groups excluding carboxylic acids is 1. The molecule has 0 fully saturated rings. The van der Waals surface area contributed by atoms with Crippen LogP contribution < -0.4 is 19.5 Å². The van der Waals surface area contributed by atoms with Crippen LogP contribution in [0.1, 0.15) is 15.9 Å². The van der Waals surface area contributed by atoms with Gasteiger partial charge < -0.3 is 19.5 Å². The van der Waals surface area contributed by atoms with Crippen molar-refractivity contribution in [1.82, 2.24) is 14.8 Å². The molecule has 2 aromatic carbocycles. The van der Waals surface area contributed by atoms with E-state index in [1.807, 2.05) is 24.3 Å². The Labute approximate surface area is 156 Å². The molecular formula is C19H20N4O4. The van der Waals surface area contributed by atoms with Gasteiger partial charge in [0.1, 0.15) is 12.7 Å². The molecule has 3 aromatic rings. The fraction of sp³-hybridized carbons (Fsp3) is 0.211. The SMILES string of the molecule is COc1cc(C(=O)Nc2ccc(Cn3cncn3)cc2)cc(OC)c1OC. The minimum absolute atomic E-state index is 0.279. The highest BCUT2D eigenvalue weighted by Gasteiger charge is 2.17. The van der Waals surface area contributed by atoms with Gasteiger partial charge in [0.25, 0.3) is 5.91 Å². The van der Waals surface area contributed by atoms with Crippen molar-refractivity contribution in [3.05, 3.63) is 60.2 Å². The minimum Gasteiger partial charge on any atom is -0.493 e. The number of methoxy groups -OCH3 is 3. The van der Waals surface area contributed by atoms with Crippen LogP contribution in [0.4, 0.5) is 5.69 Å². The predicted octanol–water partition coefficient (Wildman–Crippen LogP) is 2.60. The van der Waals surface area contributed by atoms with Gasteiger partial charge in [0.05, 0.1) is 27.9 Å². The number of nitrogens with one attached hydrogen (secondary N) is 1. The van der Waals surface area contributed by atoms with Crippen molar-refractivity contribution in [2.75, 3.05) is 26.6 Å². The fourth-order valence-electron chi connectivity index (χ4n) is 2.61. The number of anilines is 1. The number of carbonyl (C=O) groups is 1. The molecule has 0 atom stereocenters. The van der Waals surface area contributed by atoms with E-state index in [9.17, 15) is 4.79 Å². The first-order chi connectivity index (χ1) is 13.1. The van der Waals surface area contributed by atoms with Gasteiger partial charge in [-0.25, -0.2) is 9.67 Å². The molecule has 0 radical (unpaired) electrons. The van der Waals surface area contributed by atoms with Crippen molar-refractivity contribution in [2.45, 2.75) is 6.54 Å². The first-order valence-electron chi connectivity index (χ1n) is 8.17. The van der Waals surface area contributed by atoms with Crippen LogP contribution >= 0.6 is 0 Å². The second kappa shape index (κ2) is 8.22. The lowest BCUT2D eigenvalue weighted by molar-refractivity contribution is 0.102. The molecule has 1 heterocycles. The Kier molecular flexibility index (Phi) is 5.55. The third-order valence-electron chi connectivity index (χ3n) is 3.95. The Bertz CT molecular complexity index is 883. The molecular weight excluding hydrogens is 348 g/mol. The molecule has 0 spiro atoms. The van der Waals surface area contributed by atoms with E-state index in [1.54, 1.807) is 23.1 Å². The molecule has 0 aliphatic carbocycles. The number of nitrogens with zero attached hydrogens (tertiary/aromatic N) is 3. The molecule has 0 aliphatic rings. The van der Waals surface area contributed by atoms with Crippen molar-refractivity contribution in [3.63, 3.8) is 0 Å². The summed E-state index contributed by atoms with van der Waals surface area (Å²) in [6, 6.07) is 10.7. The molecule has 0 bridgehead atoms. The third kappa shape index (κ3) is 4.17. The molecule has 8 nitrogen and oxygen atoms in total. The lowest BCUT2D eigenvalue weighted by atomic mass is 10.1. The zero-order chi connectivity index (χ0) is 19.2. The normalized spacial score (nSPS) is 10.3. The first-order valence-corrected chi connectivity index (χ1v) is 8.17. The molecule has 3 rings (SSSR count). The van der Waals surface area contributed by atoms with Crippen LogP contribution in [0.25, 0.3) is 0 Å². The van der Waals surface area contributed by atoms with Crippen molar-refractivity contribution in [1.29, 1.82) is 0 Å². The number of rotatable bonds is 7. The Morgan fingerprint density at radius 1 is 1.04 bits per heavy atom. The summed E-state index contributed by atoms with van der Waals surface area (Å²) in [5.41, 5.74) is 2.12. The quantitative estimate of drug-likeness (QED) is 0.690. The molecule has 1 N–H and O–H groups in total. The molecule has 0 saturated carbocycles. The molecule has 140 valence electrons. The Morgan fingerprint density at radius 3 is 2.22 bits per heavy atom. The first kappa shape index (κ1) is 18.2. The molecule has 0 aliphatic heterocycles. The molecule has 8 heteroatoms. The second-order valence-electron chi connectivity index (χ2n) is 5.66. The summed E-state index contributed by atoms with van der Waals surface area (Å²) in [4.78, 5) is 16.5. The van der Waals surface area contributed by atoms with Crippen LogP contribution in [-0.2, 0) is 6.54 Å². The van der Waals surface area contributed by atoms with Crippen molar-refractivity contribution in [3.8, 4) is 17.2 Å². The number of aromatic nitrogens is 3. The Morgan fingerprint density at radius 2 is 1.70 bits per heavy atom. The van der Waals surface area contributed by atoms with Gasteiger partial charge in [-0.1, -0.05) is 12.1 Å². The summed E-state index contributed by atoms with van der Waals surface area (Å²) in [5, 5.41) is 6.93. The smallest absolute Gasteiger partial charge is 0.255 e. The van der Waals surface area contributed by atoms with E-state index in [-0.39, 0.29) is 5.91 Å². The van der Waals surface area contributed by atoms with Crippen LogP contribution in [0.15, 0.2) is 49.1 Å². The summed E-state index contributed by atoms with van der Waals surface area (Å²) < 4.78 is 17.6. The Balaban J connectivity index is 1.75. The summed E-state index contributed by atoms with van der Waals surface area (Å²) in [7, 11) is 4.53. The van der Waals surface area contributed by atoms with E-state index in [0.717, 1.165) is 5.56 Å². The summed E-state index contributed by atoms with van der Waals surface area (Å²) in [5.74, 6) is 1.00. The maximum Gasteiger partial charge on any atom is 0.255 e. The summed E-state index contributed by atoms with van der Waals surface area (Å²) in [6.07, 6.45) is 3.14. The average molecular weight is 368 g/mol. The zero-order valence-electron chi connectivity index (χ0n) is 15.3. The molecule has 27 heavy (non-hydrogen) atoms. The van der Waals surface area contributed by atoms with Gasteiger partial charge in [-0.05, 0) is 29.8 Å². The van der Waals surface area contributed by atoms with E-state index >= 15 is 0 Å². The van der Waals surface area contributed by atoms with Crippen molar-refractivity contribution >= 4 is 11.6 Å². The van der Waals surface area contributed by atoms with E-state index < -0.39 is 0 Å². The number of ether oxygens (including phenoxy) is 3. The van der Waals surface area contributed by atoms with Gasteiger partial charge in [0.2, 0.25) is 5.75 Å². The van der Waals surface area contributed by atoms with Gasteiger partial charge in [-0.15, -0.1) is 0 Å². The second-order valence-corrected chi connectivity index (χ2v) is 5.66. The van der Waals surface area contributed by atoms with Crippen LogP contribution in [-0.4, -0.2) is 42.0 Å². The summed E-state index contributed by atoms with van der Waals surface area (Å²) >= 11 is 0. The van der Waals surface area contributed by atoms with Gasteiger partial charge in [0, 0.05) is 11.3 Å². The van der Waals surface area contributed by atoms with Crippen LogP contribution in [0.3, 0.4) is 0 Å². The maximum absolute atomic E-state index is 12.6. The zero-order valence-corrected chi connectivity index (χ0v) is 15.3. The maximum atomic E-state index is 12.6. The van der Waals surface area contributed by atoms with Crippen LogP contribution in [0.5, 0.6) is 17.2 Å². The van der Waals surface area contributed by atoms with E-state index in [4.69, 9.17) is 14.2 Å². The number of amides is 1. The number of hydrogen-bond donors (Lipinski definition) is 1. The van der Waals surface area contributed by atoms with E-state index in [0.29, 0.717) is 35.0 Å². The van der Waals surface area contributed by atoms with Crippen molar-refractivity contribution < 1.29 is 19.0 Å². The molecule has 1 amide bonds. The van der Waals surface area contributed by atoms with Gasteiger partial charge in [0.15, 0.2) is 11.5 Å². The third-order valence-corrected chi connectivity index (χ3v) is 3.95. The van der Waals surface area contributed by atoms with Gasteiger partial charge in [-0.2, -0.15) is 5.10 Å². The highest BCUT2D eigenvalue weighted by Crippen LogP contribution is 2.38.